The van der Waals surface area contributed by atoms with E-state index in [-0.39, 0.29) is 11.8 Å². The van der Waals surface area contributed by atoms with Crippen LogP contribution in [0.1, 0.15) is 28.5 Å². The molecule has 128 valence electrons. The van der Waals surface area contributed by atoms with E-state index in [1.807, 2.05) is 26.0 Å². The number of benzene rings is 1. The Balaban J connectivity index is 1.74. The van der Waals surface area contributed by atoms with Crippen LogP contribution in [0.5, 0.6) is 0 Å². The van der Waals surface area contributed by atoms with Gasteiger partial charge in [-0.1, -0.05) is 6.07 Å². The van der Waals surface area contributed by atoms with Crippen molar-refractivity contribution in [3.8, 4) is 0 Å². The van der Waals surface area contributed by atoms with Gasteiger partial charge in [-0.25, -0.2) is 0 Å². The molecular formula is C18H23N3O3. The summed E-state index contributed by atoms with van der Waals surface area (Å²) in [6.07, 6.45) is -0.993. The number of nitrogens with one attached hydrogen (secondary N) is 1. The Hall–Kier alpha value is -2.34. The first-order valence-electron chi connectivity index (χ1n) is 8.23. The first kappa shape index (κ1) is 16.5. The number of aromatic amines is 1. The number of aliphatic hydroxyl groups excluding tert-OH is 1. The van der Waals surface area contributed by atoms with Crippen molar-refractivity contribution >= 4 is 22.7 Å². The molecule has 1 aliphatic heterocycles. The number of aryl methyl sites for hydroxylation is 2. The highest BCUT2D eigenvalue weighted by molar-refractivity contribution is 5.99. The summed E-state index contributed by atoms with van der Waals surface area (Å²) in [5.74, 6) is -0.328. The van der Waals surface area contributed by atoms with Gasteiger partial charge in [0.1, 0.15) is 11.8 Å². The number of carbonyl (C=O) groups excluding carboxylic acids is 2. The van der Waals surface area contributed by atoms with Gasteiger partial charge in [-0.05, 0) is 44.0 Å². The molecule has 3 rings (SSSR count). The van der Waals surface area contributed by atoms with E-state index >= 15 is 0 Å². The van der Waals surface area contributed by atoms with Crippen molar-refractivity contribution in [3.63, 3.8) is 0 Å². The highest BCUT2D eigenvalue weighted by Crippen LogP contribution is 2.22. The van der Waals surface area contributed by atoms with Gasteiger partial charge in [0.2, 0.25) is 0 Å². The second-order valence-electron chi connectivity index (χ2n) is 6.52. The Bertz CT molecular complexity index is 786. The Kier molecular flexibility index (Phi) is 4.32. The number of nitrogens with zero attached hydrogens (tertiary/aromatic N) is 2. The fraction of sp³-hybridized carbons (Fsp3) is 0.444. The van der Waals surface area contributed by atoms with Gasteiger partial charge in [-0.3, -0.25) is 9.59 Å². The molecule has 1 unspecified atom stereocenters. The van der Waals surface area contributed by atoms with E-state index in [4.69, 9.17) is 0 Å². The summed E-state index contributed by atoms with van der Waals surface area (Å²) >= 11 is 0. The van der Waals surface area contributed by atoms with Crippen LogP contribution in [-0.2, 0) is 4.79 Å². The highest BCUT2D eigenvalue weighted by atomic mass is 16.3. The number of rotatable bonds is 2. The Morgan fingerprint density at radius 1 is 1.08 bits per heavy atom. The molecular weight excluding hydrogens is 306 g/mol. The number of H-pyrrole nitrogens is 1. The zero-order valence-electron chi connectivity index (χ0n) is 14.3. The lowest BCUT2D eigenvalue weighted by molar-refractivity contribution is -0.140. The molecule has 0 saturated carbocycles. The summed E-state index contributed by atoms with van der Waals surface area (Å²) < 4.78 is 0. The minimum atomic E-state index is -0.993. The van der Waals surface area contributed by atoms with Crippen LogP contribution in [0.4, 0.5) is 0 Å². The molecule has 2 amide bonds. The Morgan fingerprint density at radius 3 is 2.33 bits per heavy atom. The molecule has 1 aromatic carbocycles. The van der Waals surface area contributed by atoms with Crippen LogP contribution < -0.4 is 0 Å². The molecule has 1 fully saturated rings. The quantitative estimate of drug-likeness (QED) is 0.875. The topological polar surface area (TPSA) is 76.6 Å². The fourth-order valence-corrected chi connectivity index (χ4v) is 3.28. The summed E-state index contributed by atoms with van der Waals surface area (Å²) in [4.78, 5) is 31.1. The first-order chi connectivity index (χ1) is 11.4. The van der Waals surface area contributed by atoms with E-state index < -0.39 is 6.10 Å². The van der Waals surface area contributed by atoms with Gasteiger partial charge in [0.05, 0.1) is 0 Å². The maximum absolute atomic E-state index is 12.7. The summed E-state index contributed by atoms with van der Waals surface area (Å²) in [6.45, 7) is 7.40. The summed E-state index contributed by atoms with van der Waals surface area (Å²) in [5.41, 5.74) is 3.85. The number of amides is 2. The Morgan fingerprint density at radius 2 is 1.71 bits per heavy atom. The zero-order valence-corrected chi connectivity index (χ0v) is 14.3. The number of fused-ring (bicyclic) bond motifs is 1. The molecule has 1 saturated heterocycles. The standard InChI is InChI=1S/C18H23N3O3/c1-11-8-12(2)14-10-16(19-15(14)9-11)18(24)21-6-4-20(5-7-21)17(23)13(3)22/h8-10,13,19,22H,4-7H2,1-3H3. The largest absolute Gasteiger partial charge is 0.384 e. The number of piperazine rings is 1. The van der Waals surface area contributed by atoms with E-state index in [2.05, 4.69) is 11.1 Å². The monoisotopic (exact) mass is 329 g/mol. The number of hydrogen-bond acceptors (Lipinski definition) is 3. The van der Waals surface area contributed by atoms with E-state index in [0.29, 0.717) is 31.9 Å². The second-order valence-corrected chi connectivity index (χ2v) is 6.52. The second kappa shape index (κ2) is 6.28. The van der Waals surface area contributed by atoms with Crippen molar-refractivity contribution in [3.05, 3.63) is 35.0 Å². The van der Waals surface area contributed by atoms with Crippen molar-refractivity contribution < 1.29 is 14.7 Å². The van der Waals surface area contributed by atoms with Crippen LogP contribution >= 0.6 is 0 Å². The predicted octanol–water partition coefficient (Wildman–Crippen LogP) is 1.45. The zero-order chi connectivity index (χ0) is 17.4. The van der Waals surface area contributed by atoms with Crippen LogP contribution in [0.3, 0.4) is 0 Å². The molecule has 0 bridgehead atoms. The number of aliphatic hydroxyl groups is 1. The summed E-state index contributed by atoms with van der Waals surface area (Å²) in [5, 5.41) is 10.4. The molecule has 6 nitrogen and oxygen atoms in total. The molecule has 6 heteroatoms. The Labute approximate surface area is 141 Å². The van der Waals surface area contributed by atoms with Crippen molar-refractivity contribution in [1.82, 2.24) is 14.8 Å². The lowest BCUT2D eigenvalue weighted by Crippen LogP contribution is -2.52. The van der Waals surface area contributed by atoms with Crippen LogP contribution in [0, 0.1) is 13.8 Å². The van der Waals surface area contributed by atoms with E-state index in [0.717, 1.165) is 22.0 Å². The molecule has 0 spiro atoms. The van der Waals surface area contributed by atoms with Gasteiger partial charge in [-0.15, -0.1) is 0 Å². The third-order valence-corrected chi connectivity index (χ3v) is 4.56. The van der Waals surface area contributed by atoms with Crippen molar-refractivity contribution in [2.45, 2.75) is 26.9 Å². The molecule has 1 atom stereocenters. The summed E-state index contributed by atoms with van der Waals surface area (Å²) in [7, 11) is 0. The number of aromatic nitrogens is 1. The van der Waals surface area contributed by atoms with Gasteiger partial charge in [0.25, 0.3) is 11.8 Å². The van der Waals surface area contributed by atoms with Crippen molar-refractivity contribution in [2.75, 3.05) is 26.2 Å². The first-order valence-corrected chi connectivity index (χ1v) is 8.23. The molecule has 24 heavy (non-hydrogen) atoms. The molecule has 1 aromatic heterocycles. The van der Waals surface area contributed by atoms with E-state index in [1.54, 1.807) is 9.80 Å². The minimum Gasteiger partial charge on any atom is -0.384 e. The molecule has 2 aromatic rings. The van der Waals surface area contributed by atoms with Gasteiger partial charge < -0.3 is 19.9 Å². The van der Waals surface area contributed by atoms with Crippen molar-refractivity contribution in [1.29, 1.82) is 0 Å². The van der Waals surface area contributed by atoms with Gasteiger partial charge in [0.15, 0.2) is 0 Å². The maximum Gasteiger partial charge on any atom is 0.270 e. The smallest absolute Gasteiger partial charge is 0.270 e. The SMILES string of the molecule is Cc1cc(C)c2cc(C(=O)N3CCN(C(=O)C(C)O)CC3)[nH]c2c1. The van der Waals surface area contributed by atoms with E-state index in [9.17, 15) is 14.7 Å². The van der Waals surface area contributed by atoms with Crippen molar-refractivity contribution in [2.24, 2.45) is 0 Å². The highest BCUT2D eigenvalue weighted by Gasteiger charge is 2.27. The van der Waals surface area contributed by atoms with E-state index in [1.165, 1.54) is 6.92 Å². The molecule has 0 radical (unpaired) electrons. The minimum absolute atomic E-state index is 0.0487. The summed E-state index contributed by atoms with van der Waals surface area (Å²) in [6, 6.07) is 6.04. The lowest BCUT2D eigenvalue weighted by atomic mass is 10.1. The molecule has 2 N–H and O–H groups in total. The number of carbonyl (C=O) groups is 2. The van der Waals surface area contributed by atoms with Crippen LogP contribution in [0.15, 0.2) is 18.2 Å². The molecule has 2 heterocycles. The average Bonchev–Trinajstić information content (AvgIpc) is 2.97. The van der Waals surface area contributed by atoms with Crippen LogP contribution in [0.2, 0.25) is 0 Å². The van der Waals surface area contributed by atoms with Crippen LogP contribution in [-0.4, -0.2) is 64.0 Å². The van der Waals surface area contributed by atoms with Gasteiger partial charge >= 0.3 is 0 Å². The fourth-order valence-electron chi connectivity index (χ4n) is 3.28. The number of hydrogen-bond donors (Lipinski definition) is 2. The van der Waals surface area contributed by atoms with Gasteiger partial charge in [0, 0.05) is 37.1 Å². The molecule has 0 aliphatic carbocycles. The predicted molar refractivity (Wildman–Crippen MR) is 91.9 cm³/mol. The van der Waals surface area contributed by atoms with Crippen LogP contribution in [0.25, 0.3) is 10.9 Å². The third-order valence-electron chi connectivity index (χ3n) is 4.56. The maximum atomic E-state index is 12.7. The third kappa shape index (κ3) is 3.01. The lowest BCUT2D eigenvalue weighted by Gasteiger charge is -2.35. The normalized spacial score (nSPS) is 16.5. The van der Waals surface area contributed by atoms with Gasteiger partial charge in [-0.2, -0.15) is 0 Å². The molecule has 1 aliphatic rings. The average molecular weight is 329 g/mol.